The number of carbonyl (C=O) groups is 3. The van der Waals surface area contributed by atoms with E-state index in [1.807, 2.05) is 0 Å². The van der Waals surface area contributed by atoms with Crippen LogP contribution in [0.2, 0.25) is 0 Å². The van der Waals surface area contributed by atoms with Crippen molar-refractivity contribution >= 4 is 75.0 Å². The van der Waals surface area contributed by atoms with Gasteiger partial charge in [-0.15, -0.1) is 23.1 Å². The SMILES string of the molecule is Cc1nsc(SCC2=C(C(=O)O)N3C(=O)[C@@H](NC(=O)/C(=N/OC4CC4)c4csc(N)n4)[C@H]3SC2)n1. The highest BCUT2D eigenvalue weighted by Crippen LogP contribution is 2.41. The first-order chi connectivity index (χ1) is 16.8. The lowest BCUT2D eigenvalue weighted by Crippen LogP contribution is -2.71. The maximum absolute atomic E-state index is 13.0. The number of thiazole rings is 1. The second-order valence-corrected chi connectivity index (χ2v) is 11.8. The van der Waals surface area contributed by atoms with Gasteiger partial charge in [-0.25, -0.2) is 14.8 Å². The van der Waals surface area contributed by atoms with Crippen LogP contribution in [0.25, 0.3) is 0 Å². The van der Waals surface area contributed by atoms with E-state index in [1.54, 1.807) is 12.3 Å². The van der Waals surface area contributed by atoms with E-state index in [2.05, 4.69) is 24.8 Å². The summed E-state index contributed by atoms with van der Waals surface area (Å²) < 4.78 is 4.86. The van der Waals surface area contributed by atoms with E-state index in [0.29, 0.717) is 22.9 Å². The molecule has 0 unspecified atom stereocenters. The number of nitrogens with one attached hydrogen (secondary N) is 1. The number of aryl methyl sites for hydroxylation is 1. The topological polar surface area (TPSA) is 173 Å². The van der Waals surface area contributed by atoms with Gasteiger partial charge in [-0.2, -0.15) is 4.37 Å². The zero-order chi connectivity index (χ0) is 24.7. The number of thioether (sulfide) groups is 2. The molecule has 12 nitrogen and oxygen atoms in total. The highest BCUT2D eigenvalue weighted by atomic mass is 32.2. The first-order valence-electron chi connectivity index (χ1n) is 10.4. The molecule has 0 bridgehead atoms. The monoisotopic (exact) mass is 553 g/mol. The Morgan fingerprint density at radius 1 is 1.40 bits per heavy atom. The number of fused-ring (bicyclic) bond motifs is 1. The molecule has 4 N–H and O–H groups in total. The molecule has 2 aromatic rings. The van der Waals surface area contributed by atoms with Crippen molar-refractivity contribution in [1.29, 1.82) is 0 Å². The number of aliphatic carboxylic acids is 1. The number of β-lactam (4-membered cyclic amide) rings is 1. The molecule has 0 radical (unpaired) electrons. The van der Waals surface area contributed by atoms with E-state index in [0.717, 1.165) is 28.5 Å². The van der Waals surface area contributed by atoms with Gasteiger partial charge in [0.15, 0.2) is 15.2 Å². The Morgan fingerprint density at radius 3 is 2.83 bits per heavy atom. The summed E-state index contributed by atoms with van der Waals surface area (Å²) in [5, 5.41) is 17.8. The van der Waals surface area contributed by atoms with Gasteiger partial charge in [0.25, 0.3) is 11.8 Å². The summed E-state index contributed by atoms with van der Waals surface area (Å²) in [6, 6.07) is -0.899. The standard InChI is InChI=1S/C19H19N7O5S4/c1-7-21-19(35-25-7)34-5-8-4-32-16-12(15(28)26(16)13(8)17(29)30)23-14(27)11(24-31-9-2-3-9)10-6-33-18(20)22-10/h6,9,12,16H,2-5H2,1H3,(H2,20,22)(H,23,27)(H,29,30)/b24-11+/t12-,16-/m1/s1. The fourth-order valence-corrected chi connectivity index (χ4v) is 7.07. The van der Waals surface area contributed by atoms with Gasteiger partial charge in [-0.05, 0) is 36.9 Å². The fourth-order valence-electron chi connectivity index (χ4n) is 3.39. The van der Waals surface area contributed by atoms with Gasteiger partial charge in [0, 0.05) is 16.9 Å². The Bertz CT molecular complexity index is 1250. The van der Waals surface area contributed by atoms with Crippen molar-refractivity contribution < 1.29 is 24.3 Å². The molecule has 5 rings (SSSR count). The highest BCUT2D eigenvalue weighted by Gasteiger charge is 2.54. The van der Waals surface area contributed by atoms with Gasteiger partial charge < -0.3 is 21.0 Å². The molecule has 2 aromatic heterocycles. The molecule has 2 atom stereocenters. The lowest BCUT2D eigenvalue weighted by atomic mass is 10.0. The third-order valence-electron chi connectivity index (χ3n) is 5.21. The Kier molecular flexibility index (Phi) is 6.69. The van der Waals surface area contributed by atoms with E-state index >= 15 is 0 Å². The minimum atomic E-state index is -1.18. The summed E-state index contributed by atoms with van der Waals surface area (Å²) in [4.78, 5) is 53.0. The number of nitrogen functional groups attached to an aromatic ring is 1. The summed E-state index contributed by atoms with van der Waals surface area (Å²) in [6.07, 6.45) is 1.68. The summed E-state index contributed by atoms with van der Waals surface area (Å²) in [6.45, 7) is 1.79. The smallest absolute Gasteiger partial charge is 0.352 e. The Morgan fingerprint density at radius 2 is 2.20 bits per heavy atom. The molecule has 2 aliphatic heterocycles. The summed E-state index contributed by atoms with van der Waals surface area (Å²) >= 11 is 5.18. The van der Waals surface area contributed by atoms with Crippen LogP contribution < -0.4 is 11.1 Å². The number of carboxylic acids is 1. The molecule has 2 amide bonds. The van der Waals surface area contributed by atoms with Crippen molar-refractivity contribution in [3.8, 4) is 0 Å². The largest absolute Gasteiger partial charge is 0.477 e. The molecule has 4 heterocycles. The zero-order valence-corrected chi connectivity index (χ0v) is 21.4. The van der Waals surface area contributed by atoms with Crippen LogP contribution in [-0.2, 0) is 19.2 Å². The van der Waals surface area contributed by atoms with E-state index in [4.69, 9.17) is 10.6 Å². The van der Waals surface area contributed by atoms with Crippen molar-refractivity contribution in [2.75, 3.05) is 17.2 Å². The molecular weight excluding hydrogens is 535 g/mol. The molecule has 0 aromatic carbocycles. The molecule has 35 heavy (non-hydrogen) atoms. The fraction of sp³-hybridized carbons (Fsp3) is 0.421. The highest BCUT2D eigenvalue weighted by molar-refractivity contribution is 8.01. The summed E-state index contributed by atoms with van der Waals surface area (Å²) in [5.41, 5.74) is 6.45. The van der Waals surface area contributed by atoms with Crippen LogP contribution in [-0.4, -0.2) is 76.9 Å². The van der Waals surface area contributed by atoms with Crippen LogP contribution in [0.5, 0.6) is 0 Å². The minimum Gasteiger partial charge on any atom is -0.477 e. The first kappa shape index (κ1) is 24.0. The maximum atomic E-state index is 13.0. The lowest BCUT2D eigenvalue weighted by molar-refractivity contribution is -0.150. The second-order valence-electron chi connectivity index (χ2n) is 7.83. The molecule has 1 aliphatic carbocycles. The molecule has 1 saturated carbocycles. The maximum Gasteiger partial charge on any atom is 0.352 e. The Hall–Kier alpha value is -2.69. The number of nitrogens with two attached hydrogens (primary N) is 1. The lowest BCUT2D eigenvalue weighted by Gasteiger charge is -2.49. The molecular formula is C19H19N7O5S4. The van der Waals surface area contributed by atoms with Crippen molar-refractivity contribution in [3.05, 3.63) is 28.2 Å². The Labute approximate surface area is 215 Å². The van der Waals surface area contributed by atoms with Crippen molar-refractivity contribution in [2.45, 2.75) is 41.6 Å². The first-order valence-corrected chi connectivity index (χ1v) is 14.1. The average Bonchev–Trinajstić information content (AvgIpc) is 3.41. The quantitative estimate of drug-likeness (QED) is 0.177. The van der Waals surface area contributed by atoms with Crippen LogP contribution in [0, 0.1) is 6.92 Å². The third kappa shape index (κ3) is 5.00. The van der Waals surface area contributed by atoms with Gasteiger partial charge in [-0.1, -0.05) is 16.9 Å². The van der Waals surface area contributed by atoms with Gasteiger partial charge in [0.2, 0.25) is 0 Å². The number of anilines is 1. The number of hydrogen-bond acceptors (Lipinski definition) is 13. The molecule has 3 aliphatic rings. The number of rotatable bonds is 9. The molecule has 1 saturated heterocycles. The molecule has 0 spiro atoms. The van der Waals surface area contributed by atoms with Gasteiger partial charge in [-0.3, -0.25) is 14.5 Å². The van der Waals surface area contributed by atoms with Crippen molar-refractivity contribution in [3.63, 3.8) is 0 Å². The second kappa shape index (κ2) is 9.75. The number of amides is 2. The predicted octanol–water partition coefficient (Wildman–Crippen LogP) is 1.30. The number of carbonyl (C=O) groups excluding carboxylic acids is 2. The third-order valence-corrected chi connectivity index (χ3v) is 9.24. The number of carboxylic acid groups (broad SMARTS) is 1. The van der Waals surface area contributed by atoms with Crippen LogP contribution in [0.3, 0.4) is 0 Å². The number of aromatic nitrogens is 3. The number of oxime groups is 1. The van der Waals surface area contributed by atoms with Crippen LogP contribution in [0.4, 0.5) is 5.13 Å². The zero-order valence-electron chi connectivity index (χ0n) is 18.2. The van der Waals surface area contributed by atoms with Crippen molar-refractivity contribution in [1.82, 2.24) is 24.6 Å². The van der Waals surface area contributed by atoms with Gasteiger partial charge in [0.1, 0.15) is 34.7 Å². The van der Waals surface area contributed by atoms with Crippen LogP contribution >= 0.6 is 46.4 Å². The van der Waals surface area contributed by atoms with Gasteiger partial charge in [0.05, 0.1) is 0 Å². The molecule has 2 fully saturated rings. The van der Waals surface area contributed by atoms with E-state index < -0.39 is 29.2 Å². The number of hydrogen-bond donors (Lipinski definition) is 3. The van der Waals surface area contributed by atoms with E-state index in [9.17, 15) is 19.5 Å². The number of nitrogens with zero attached hydrogens (tertiary/aromatic N) is 5. The molecule has 184 valence electrons. The normalized spacial score (nSPS) is 22.0. The minimum absolute atomic E-state index is 0.0351. The van der Waals surface area contributed by atoms with Crippen LogP contribution in [0.15, 0.2) is 26.1 Å². The summed E-state index contributed by atoms with van der Waals surface area (Å²) in [7, 11) is 0. The predicted molar refractivity (Wildman–Crippen MR) is 132 cm³/mol. The van der Waals surface area contributed by atoms with Gasteiger partial charge >= 0.3 is 5.97 Å². The average molecular weight is 554 g/mol. The summed E-state index contributed by atoms with van der Waals surface area (Å²) in [5.74, 6) is -0.884. The molecule has 16 heteroatoms. The Balaban J connectivity index is 1.30. The van der Waals surface area contributed by atoms with Crippen molar-refractivity contribution in [2.24, 2.45) is 5.16 Å². The van der Waals surface area contributed by atoms with Crippen LogP contribution in [0.1, 0.15) is 24.4 Å². The van der Waals surface area contributed by atoms with E-state index in [-0.39, 0.29) is 28.3 Å². The van der Waals surface area contributed by atoms with E-state index in [1.165, 1.54) is 40.0 Å².